The van der Waals surface area contributed by atoms with Crippen LogP contribution in [0.15, 0.2) is 36.4 Å². The van der Waals surface area contributed by atoms with Gasteiger partial charge in [0.2, 0.25) is 0 Å². The molecule has 37 heavy (non-hydrogen) atoms. The minimum absolute atomic E-state index is 0.0297. The van der Waals surface area contributed by atoms with E-state index in [2.05, 4.69) is 20.3 Å². The van der Waals surface area contributed by atoms with E-state index < -0.39 is 41.2 Å². The van der Waals surface area contributed by atoms with Crippen LogP contribution in [-0.4, -0.2) is 50.3 Å². The van der Waals surface area contributed by atoms with Crippen LogP contribution in [-0.2, 0) is 12.4 Å². The summed E-state index contributed by atoms with van der Waals surface area (Å²) >= 11 is 0. The summed E-state index contributed by atoms with van der Waals surface area (Å²) in [4.78, 5) is 5.43. The van der Waals surface area contributed by atoms with Gasteiger partial charge in [0.25, 0.3) is 0 Å². The second kappa shape index (κ2) is 9.12. The Morgan fingerprint density at radius 3 is 2.19 bits per heavy atom. The Balaban J connectivity index is 1.44. The molecule has 0 amide bonds. The highest BCUT2D eigenvalue weighted by atomic mass is 19.4. The fraction of sp³-hybridized carbons (Fsp3) is 0.500. The average Bonchev–Trinajstić information content (AvgIpc) is 3.25. The zero-order valence-corrected chi connectivity index (χ0v) is 19.5. The van der Waals surface area contributed by atoms with Gasteiger partial charge in [-0.2, -0.15) is 36.0 Å². The third-order valence-corrected chi connectivity index (χ3v) is 7.27. The Morgan fingerprint density at radius 1 is 0.973 bits per heavy atom. The van der Waals surface area contributed by atoms with Crippen LogP contribution in [0.1, 0.15) is 48.7 Å². The monoisotopic (exact) mass is 531 g/mol. The van der Waals surface area contributed by atoms with Gasteiger partial charge in [0.05, 0.1) is 12.1 Å². The van der Waals surface area contributed by atoms with Crippen LogP contribution < -0.4 is 5.32 Å². The molecule has 6 nitrogen and oxygen atoms in total. The van der Waals surface area contributed by atoms with E-state index in [9.17, 15) is 35.8 Å². The Morgan fingerprint density at radius 2 is 1.59 bits per heavy atom. The Hall–Kier alpha value is -2.93. The second-order valence-corrected chi connectivity index (χ2v) is 9.91. The van der Waals surface area contributed by atoms with Gasteiger partial charge in [-0.25, -0.2) is 9.37 Å². The number of nitrogens with zero attached hydrogens (tertiary/aromatic N) is 4. The molecule has 200 valence electrons. The lowest BCUT2D eigenvalue weighted by Crippen LogP contribution is -2.59. The molecule has 2 aromatic heterocycles. The van der Waals surface area contributed by atoms with Crippen LogP contribution in [0, 0.1) is 11.2 Å². The molecule has 1 saturated heterocycles. The summed E-state index contributed by atoms with van der Waals surface area (Å²) in [5.74, 6) is -0.741. The van der Waals surface area contributed by atoms with Gasteiger partial charge in [-0.05, 0) is 48.8 Å². The van der Waals surface area contributed by atoms with Crippen molar-refractivity contribution >= 4 is 11.5 Å². The maximum atomic E-state index is 13.6. The average molecular weight is 531 g/mol. The first-order valence-corrected chi connectivity index (χ1v) is 11.8. The number of alkyl halides is 6. The van der Waals surface area contributed by atoms with Crippen LogP contribution in [0.2, 0.25) is 0 Å². The Labute approximate surface area is 207 Å². The van der Waals surface area contributed by atoms with Crippen molar-refractivity contribution in [1.29, 1.82) is 0 Å². The topological polar surface area (TPSA) is 65.7 Å². The molecule has 3 aromatic rings. The summed E-state index contributed by atoms with van der Waals surface area (Å²) in [6.07, 6.45) is -6.97. The van der Waals surface area contributed by atoms with Crippen LogP contribution in [0.25, 0.3) is 5.65 Å². The third kappa shape index (κ3) is 5.24. The molecular weight excluding hydrogens is 507 g/mol. The summed E-state index contributed by atoms with van der Waals surface area (Å²) < 4.78 is 94.3. The maximum absolute atomic E-state index is 13.6. The van der Waals surface area contributed by atoms with Gasteiger partial charge in [0.1, 0.15) is 11.6 Å². The first-order valence-electron chi connectivity index (χ1n) is 11.8. The number of rotatable bonds is 5. The number of hydrogen-bond acceptors (Lipinski definition) is 5. The van der Waals surface area contributed by atoms with Crippen molar-refractivity contribution in [2.45, 2.75) is 50.2 Å². The largest absolute Gasteiger partial charge is 0.435 e. The fourth-order valence-corrected chi connectivity index (χ4v) is 5.29. The van der Waals surface area contributed by atoms with Crippen LogP contribution in [0.5, 0.6) is 0 Å². The van der Waals surface area contributed by atoms with E-state index in [-0.39, 0.29) is 23.9 Å². The van der Waals surface area contributed by atoms with Gasteiger partial charge in [-0.3, -0.25) is 4.90 Å². The van der Waals surface area contributed by atoms with Gasteiger partial charge in [-0.15, -0.1) is 0 Å². The number of aliphatic hydroxyl groups is 1. The van der Waals surface area contributed by atoms with E-state index in [1.54, 1.807) is 12.1 Å². The van der Waals surface area contributed by atoms with Gasteiger partial charge in [0.15, 0.2) is 17.0 Å². The van der Waals surface area contributed by atoms with Crippen molar-refractivity contribution < 1.29 is 35.8 Å². The summed E-state index contributed by atoms with van der Waals surface area (Å²) in [6.45, 7) is 1.40. The Kier molecular flexibility index (Phi) is 6.34. The van der Waals surface area contributed by atoms with Crippen LogP contribution in [0.3, 0.4) is 0 Å². The summed E-state index contributed by atoms with van der Waals surface area (Å²) in [5.41, 5.74) is -2.56. The predicted octanol–water partition coefficient (Wildman–Crippen LogP) is 5.30. The lowest BCUT2D eigenvalue weighted by Gasteiger charge is -2.56. The number of fused-ring (bicyclic) bond motifs is 1. The van der Waals surface area contributed by atoms with Gasteiger partial charge in [-0.1, -0.05) is 12.1 Å². The minimum atomic E-state index is -4.88. The fourth-order valence-electron chi connectivity index (χ4n) is 5.29. The van der Waals surface area contributed by atoms with E-state index in [1.165, 1.54) is 12.1 Å². The van der Waals surface area contributed by atoms with E-state index in [0.29, 0.717) is 48.1 Å². The zero-order valence-electron chi connectivity index (χ0n) is 19.5. The molecular formula is C24H24F7N5O. The highest BCUT2D eigenvalue weighted by Gasteiger charge is 2.47. The molecule has 1 aromatic carbocycles. The lowest BCUT2D eigenvalue weighted by atomic mass is 9.67. The normalized spacial score (nSPS) is 19.8. The second-order valence-electron chi connectivity index (χ2n) is 9.91. The predicted molar refractivity (Wildman–Crippen MR) is 119 cm³/mol. The molecule has 5 rings (SSSR count). The van der Waals surface area contributed by atoms with Gasteiger partial charge in [0, 0.05) is 31.8 Å². The molecule has 13 heteroatoms. The van der Waals surface area contributed by atoms with Crippen molar-refractivity contribution in [1.82, 2.24) is 19.5 Å². The van der Waals surface area contributed by atoms with Crippen LogP contribution >= 0.6 is 0 Å². The summed E-state index contributed by atoms with van der Waals surface area (Å²) in [6, 6.07) is 6.42. The highest BCUT2D eigenvalue weighted by Crippen LogP contribution is 2.47. The van der Waals surface area contributed by atoms with Crippen molar-refractivity contribution in [3.8, 4) is 0 Å². The molecule has 2 N–H and O–H groups in total. The molecule has 0 radical (unpaired) electrons. The maximum Gasteiger partial charge on any atom is 0.435 e. The van der Waals surface area contributed by atoms with Crippen molar-refractivity contribution in [3.05, 3.63) is 59.2 Å². The molecule has 2 fully saturated rings. The number of benzene rings is 1. The third-order valence-electron chi connectivity index (χ3n) is 7.27. The molecule has 3 heterocycles. The molecule has 1 aliphatic heterocycles. The molecule has 1 atom stereocenters. The van der Waals surface area contributed by atoms with Crippen molar-refractivity contribution in [2.24, 2.45) is 5.41 Å². The quantitative estimate of drug-likeness (QED) is 0.438. The van der Waals surface area contributed by atoms with Crippen LogP contribution in [0.4, 0.5) is 36.6 Å². The number of aliphatic hydroxyl groups excluding tert-OH is 1. The number of nitrogens with one attached hydrogen (secondary N) is 1. The van der Waals surface area contributed by atoms with Gasteiger partial charge < -0.3 is 10.4 Å². The molecule has 1 aliphatic carbocycles. The van der Waals surface area contributed by atoms with E-state index in [0.717, 1.165) is 12.8 Å². The molecule has 2 aliphatic rings. The van der Waals surface area contributed by atoms with E-state index >= 15 is 0 Å². The molecule has 1 unspecified atom stereocenters. The van der Waals surface area contributed by atoms with Crippen molar-refractivity contribution in [3.63, 3.8) is 0 Å². The number of halogens is 7. The Bertz CT molecular complexity index is 1260. The van der Waals surface area contributed by atoms with Crippen molar-refractivity contribution in [2.75, 3.05) is 25.0 Å². The highest BCUT2D eigenvalue weighted by molar-refractivity contribution is 5.51. The summed E-state index contributed by atoms with van der Waals surface area (Å²) in [5, 5.41) is 16.1. The number of anilines is 1. The molecule has 1 spiro atoms. The molecule has 0 bridgehead atoms. The van der Waals surface area contributed by atoms with Gasteiger partial charge >= 0.3 is 12.4 Å². The molecule has 1 saturated carbocycles. The minimum Gasteiger partial charge on any atom is -0.393 e. The SMILES string of the molecule is OC1CCC2(CC1)CN(C(CNc1cc(C(F)(F)F)nc3cc(C(F)(F)F)nn13)c1ccc(F)cc1)C2. The first kappa shape index (κ1) is 25.7. The lowest BCUT2D eigenvalue weighted by molar-refractivity contribution is -0.142. The van der Waals surface area contributed by atoms with E-state index in [1.807, 2.05) is 0 Å². The number of likely N-dealkylation sites (tertiary alicyclic amines) is 1. The smallest absolute Gasteiger partial charge is 0.393 e. The number of hydrogen-bond donors (Lipinski definition) is 2. The standard InChI is InChI=1S/C24H24F7N5O/c25-15-3-1-14(2-4-15)17(35-12-22(13-35)7-5-16(37)6-8-22)11-32-20-9-18(23(26,27)28)33-21-10-19(24(29,30)31)34-36(20)21/h1-4,9-10,16-17,32,37H,5-8,11-13H2. The first-order chi connectivity index (χ1) is 17.3. The zero-order chi connectivity index (χ0) is 26.6. The van der Waals surface area contributed by atoms with E-state index in [4.69, 9.17) is 0 Å². The summed E-state index contributed by atoms with van der Waals surface area (Å²) in [7, 11) is 0. The number of aromatic nitrogens is 3.